The zero-order chi connectivity index (χ0) is 16.5. The van der Waals surface area contributed by atoms with E-state index in [1.807, 2.05) is 48.5 Å². The summed E-state index contributed by atoms with van der Waals surface area (Å²) in [5.41, 5.74) is 1.76. The van der Waals surface area contributed by atoms with E-state index >= 15 is 0 Å². The minimum Gasteiger partial charge on any atom is -0.266 e. The summed E-state index contributed by atoms with van der Waals surface area (Å²) >= 11 is 7.47. The molecule has 0 saturated carbocycles. The third kappa shape index (κ3) is 2.84. The normalized spacial score (nSPS) is 12.1. The highest BCUT2D eigenvalue weighted by atomic mass is 35.5. The van der Waals surface area contributed by atoms with Gasteiger partial charge in [-0.2, -0.15) is 4.52 Å². The molecule has 0 saturated heterocycles. The molecule has 0 aliphatic heterocycles. The zero-order valence-corrected chi connectivity index (χ0v) is 14.1. The maximum atomic E-state index is 12.5. The van der Waals surface area contributed by atoms with Crippen LogP contribution in [-0.4, -0.2) is 14.6 Å². The van der Waals surface area contributed by atoms with E-state index in [4.69, 9.17) is 11.6 Å². The highest BCUT2D eigenvalue weighted by Gasteiger charge is 2.11. The molecule has 6 heteroatoms. The van der Waals surface area contributed by atoms with Crippen molar-refractivity contribution in [1.29, 1.82) is 0 Å². The van der Waals surface area contributed by atoms with Crippen LogP contribution in [0.15, 0.2) is 59.4 Å². The van der Waals surface area contributed by atoms with Crippen molar-refractivity contribution in [2.45, 2.75) is 6.42 Å². The van der Waals surface area contributed by atoms with Gasteiger partial charge in [0, 0.05) is 11.4 Å². The van der Waals surface area contributed by atoms with Crippen molar-refractivity contribution in [2.75, 3.05) is 0 Å². The summed E-state index contributed by atoms with van der Waals surface area (Å²) in [5, 5.41) is 4.95. The van der Waals surface area contributed by atoms with E-state index in [9.17, 15) is 4.79 Å². The van der Waals surface area contributed by atoms with Gasteiger partial charge in [-0.25, -0.2) is 4.98 Å². The largest absolute Gasteiger partial charge is 0.291 e. The Morgan fingerprint density at radius 1 is 1.08 bits per heavy atom. The van der Waals surface area contributed by atoms with Crippen LogP contribution in [-0.2, 0) is 6.42 Å². The monoisotopic (exact) mass is 353 g/mol. The second kappa shape index (κ2) is 6.19. The highest BCUT2D eigenvalue weighted by Crippen LogP contribution is 2.15. The van der Waals surface area contributed by atoms with Crippen LogP contribution < -0.4 is 10.1 Å². The fraction of sp³-hybridized carbons (Fsp3) is 0.0556. The van der Waals surface area contributed by atoms with E-state index in [1.165, 1.54) is 15.9 Å². The van der Waals surface area contributed by atoms with Gasteiger partial charge in [0.2, 0.25) is 4.96 Å². The molecule has 118 valence electrons. The van der Waals surface area contributed by atoms with Crippen LogP contribution in [0.4, 0.5) is 0 Å². The van der Waals surface area contributed by atoms with E-state index in [0.29, 0.717) is 26.8 Å². The summed E-state index contributed by atoms with van der Waals surface area (Å²) in [4.78, 5) is 17.6. The molecule has 0 bridgehead atoms. The summed E-state index contributed by atoms with van der Waals surface area (Å²) in [5.74, 6) is 0.647. The molecule has 2 aromatic carbocycles. The Morgan fingerprint density at radius 3 is 2.58 bits per heavy atom. The molecule has 0 aliphatic rings. The van der Waals surface area contributed by atoms with Gasteiger partial charge < -0.3 is 0 Å². The lowest BCUT2D eigenvalue weighted by Crippen LogP contribution is -2.23. The van der Waals surface area contributed by atoms with Gasteiger partial charge in [-0.3, -0.25) is 4.79 Å². The third-order valence-corrected chi connectivity index (χ3v) is 4.93. The number of thiazole rings is 1. The number of fused-ring (bicyclic) bond motifs is 1. The van der Waals surface area contributed by atoms with Gasteiger partial charge >= 0.3 is 0 Å². The first kappa shape index (κ1) is 15.1. The molecule has 0 fully saturated rings. The van der Waals surface area contributed by atoms with Gasteiger partial charge in [0.05, 0.1) is 4.53 Å². The quantitative estimate of drug-likeness (QED) is 0.569. The van der Waals surface area contributed by atoms with E-state index < -0.39 is 0 Å². The van der Waals surface area contributed by atoms with E-state index in [-0.39, 0.29) is 5.56 Å². The zero-order valence-electron chi connectivity index (χ0n) is 12.5. The lowest BCUT2D eigenvalue weighted by Gasteiger charge is -1.95. The van der Waals surface area contributed by atoms with Gasteiger partial charge in [-0.1, -0.05) is 71.5 Å². The molecular formula is C18H12ClN3OS. The fourth-order valence-electron chi connectivity index (χ4n) is 2.46. The average molecular weight is 354 g/mol. The van der Waals surface area contributed by atoms with Crippen molar-refractivity contribution in [2.24, 2.45) is 0 Å². The lowest BCUT2D eigenvalue weighted by atomic mass is 10.1. The molecule has 4 nitrogen and oxygen atoms in total. The summed E-state index contributed by atoms with van der Waals surface area (Å²) in [7, 11) is 0. The smallest absolute Gasteiger partial charge is 0.266 e. The number of hydrogen-bond donors (Lipinski definition) is 0. The van der Waals surface area contributed by atoms with Crippen LogP contribution in [0.3, 0.4) is 0 Å². The molecule has 2 aromatic heterocycles. The number of aromatic nitrogens is 3. The van der Waals surface area contributed by atoms with Gasteiger partial charge in [0.15, 0.2) is 5.82 Å². The van der Waals surface area contributed by atoms with Crippen molar-refractivity contribution in [3.63, 3.8) is 0 Å². The fourth-order valence-corrected chi connectivity index (χ4v) is 3.57. The van der Waals surface area contributed by atoms with Crippen molar-refractivity contribution in [1.82, 2.24) is 14.6 Å². The Bertz CT molecular complexity index is 1120. The van der Waals surface area contributed by atoms with Gasteiger partial charge in [0.1, 0.15) is 0 Å². The molecule has 0 radical (unpaired) electrons. The van der Waals surface area contributed by atoms with Gasteiger partial charge in [-0.15, -0.1) is 5.10 Å². The first-order chi connectivity index (χ1) is 11.7. The van der Waals surface area contributed by atoms with Crippen LogP contribution in [0.5, 0.6) is 0 Å². The molecule has 0 unspecified atom stereocenters. The second-order valence-corrected chi connectivity index (χ2v) is 6.74. The maximum absolute atomic E-state index is 12.5. The van der Waals surface area contributed by atoms with E-state index in [1.54, 1.807) is 12.1 Å². The molecule has 4 rings (SSSR count). The van der Waals surface area contributed by atoms with Gasteiger partial charge in [-0.05, 0) is 23.3 Å². The molecule has 0 N–H and O–H groups in total. The van der Waals surface area contributed by atoms with Crippen molar-refractivity contribution in [3.05, 3.63) is 91.5 Å². The van der Waals surface area contributed by atoms with E-state index in [2.05, 4.69) is 10.1 Å². The Balaban J connectivity index is 1.74. The Kier molecular flexibility index (Phi) is 3.88. The summed E-state index contributed by atoms with van der Waals surface area (Å²) < 4.78 is 1.94. The Morgan fingerprint density at radius 2 is 1.83 bits per heavy atom. The molecule has 2 heterocycles. The van der Waals surface area contributed by atoms with Crippen LogP contribution in [0.25, 0.3) is 11.0 Å². The van der Waals surface area contributed by atoms with Crippen molar-refractivity contribution < 1.29 is 0 Å². The van der Waals surface area contributed by atoms with Crippen LogP contribution in [0.2, 0.25) is 5.02 Å². The maximum Gasteiger partial charge on any atom is 0.291 e. The SMILES string of the molecule is O=c1/c(=C/c2ccccc2Cl)sc2nc(Cc3ccccc3)nn12. The lowest BCUT2D eigenvalue weighted by molar-refractivity contribution is 0.879. The molecule has 0 atom stereocenters. The molecule has 0 aliphatic carbocycles. The first-order valence-corrected chi connectivity index (χ1v) is 8.59. The highest BCUT2D eigenvalue weighted by molar-refractivity contribution is 7.15. The first-order valence-electron chi connectivity index (χ1n) is 7.39. The molecule has 0 amide bonds. The molecule has 0 spiro atoms. The standard InChI is InChI=1S/C18H12ClN3OS/c19-14-9-5-4-8-13(14)11-15-17(23)22-18(24-15)20-16(21-22)10-12-6-2-1-3-7-12/h1-9,11H,10H2/b15-11-. The van der Waals surface area contributed by atoms with Gasteiger partial charge in [0.25, 0.3) is 5.56 Å². The Hall–Kier alpha value is -2.50. The third-order valence-electron chi connectivity index (χ3n) is 3.62. The number of rotatable bonds is 3. The second-order valence-electron chi connectivity index (χ2n) is 5.32. The van der Waals surface area contributed by atoms with Crippen LogP contribution >= 0.6 is 22.9 Å². The van der Waals surface area contributed by atoms with Crippen molar-refractivity contribution in [3.8, 4) is 0 Å². The number of halogens is 1. The summed E-state index contributed by atoms with van der Waals surface area (Å²) in [6, 6.07) is 17.4. The molecule has 24 heavy (non-hydrogen) atoms. The molecular weight excluding hydrogens is 342 g/mol. The predicted molar refractivity (Wildman–Crippen MR) is 96.6 cm³/mol. The Labute approximate surface area is 146 Å². The average Bonchev–Trinajstić information content (AvgIpc) is 3.10. The topological polar surface area (TPSA) is 47.3 Å². The number of hydrogen-bond acceptors (Lipinski definition) is 4. The van der Waals surface area contributed by atoms with Crippen LogP contribution in [0, 0.1) is 0 Å². The number of benzene rings is 2. The minimum atomic E-state index is -0.165. The van der Waals surface area contributed by atoms with Crippen LogP contribution in [0.1, 0.15) is 17.0 Å². The predicted octanol–water partition coefficient (Wildman–Crippen LogP) is 2.94. The number of nitrogens with zero attached hydrogens (tertiary/aromatic N) is 3. The molecule has 4 aromatic rings. The van der Waals surface area contributed by atoms with Crippen molar-refractivity contribution >= 4 is 34.0 Å². The summed E-state index contributed by atoms with van der Waals surface area (Å²) in [6.07, 6.45) is 2.39. The van der Waals surface area contributed by atoms with E-state index in [0.717, 1.165) is 11.1 Å². The minimum absolute atomic E-state index is 0.165. The summed E-state index contributed by atoms with van der Waals surface area (Å²) in [6.45, 7) is 0.